The number of ether oxygens (including phenoxy) is 1. The molecule has 1 unspecified atom stereocenters. The third kappa shape index (κ3) is 4.08. The van der Waals surface area contributed by atoms with Crippen LogP contribution in [0.5, 0.6) is 5.75 Å². The van der Waals surface area contributed by atoms with E-state index in [1.54, 1.807) is 31.4 Å². The summed E-state index contributed by atoms with van der Waals surface area (Å²) in [6.45, 7) is 0. The summed E-state index contributed by atoms with van der Waals surface area (Å²) in [5, 5.41) is 25.1. The predicted octanol–water partition coefficient (Wildman–Crippen LogP) is 3.25. The summed E-state index contributed by atoms with van der Waals surface area (Å²) in [6.07, 6.45) is -1.45. The van der Waals surface area contributed by atoms with Gasteiger partial charge in [0.2, 0.25) is 0 Å². The maximum Gasteiger partial charge on any atom is 0.287 e. The number of hydrogen-bond acceptors (Lipinski definition) is 5. The highest BCUT2D eigenvalue weighted by molar-refractivity contribution is 5.96. The van der Waals surface area contributed by atoms with E-state index in [1.807, 2.05) is 42.5 Å². The van der Waals surface area contributed by atoms with Crippen molar-refractivity contribution in [1.29, 1.82) is 0 Å². The Hall–Kier alpha value is -3.35. The first-order valence-electron chi connectivity index (χ1n) is 9.26. The summed E-state index contributed by atoms with van der Waals surface area (Å²) >= 11 is 0. The number of furan rings is 1. The average Bonchev–Trinajstić information content (AvgIpc) is 3.16. The predicted molar refractivity (Wildman–Crippen MR) is 110 cm³/mol. The van der Waals surface area contributed by atoms with E-state index in [9.17, 15) is 15.0 Å². The van der Waals surface area contributed by atoms with Crippen LogP contribution in [0.3, 0.4) is 0 Å². The molecule has 3 N–H and O–H groups in total. The van der Waals surface area contributed by atoms with Crippen LogP contribution in [0, 0.1) is 0 Å². The van der Waals surface area contributed by atoms with E-state index in [1.165, 1.54) is 0 Å². The molecule has 6 nitrogen and oxygen atoms in total. The van der Waals surface area contributed by atoms with Crippen LogP contribution in [0.4, 0.5) is 0 Å². The number of fused-ring (bicyclic) bond motifs is 2. The van der Waals surface area contributed by atoms with Gasteiger partial charge in [-0.3, -0.25) is 4.79 Å². The van der Waals surface area contributed by atoms with Gasteiger partial charge < -0.3 is 24.7 Å². The van der Waals surface area contributed by atoms with Crippen molar-refractivity contribution in [1.82, 2.24) is 5.32 Å². The molecule has 0 aliphatic carbocycles. The Morgan fingerprint density at radius 3 is 2.55 bits per heavy atom. The van der Waals surface area contributed by atoms with Crippen LogP contribution >= 0.6 is 0 Å². The van der Waals surface area contributed by atoms with Crippen molar-refractivity contribution in [3.8, 4) is 5.75 Å². The zero-order chi connectivity index (χ0) is 20.4. The first-order chi connectivity index (χ1) is 14.0. The second-order valence-electron chi connectivity index (χ2n) is 6.89. The zero-order valence-corrected chi connectivity index (χ0v) is 15.8. The van der Waals surface area contributed by atoms with E-state index < -0.39 is 18.2 Å². The van der Waals surface area contributed by atoms with Gasteiger partial charge in [-0.2, -0.15) is 0 Å². The summed E-state index contributed by atoms with van der Waals surface area (Å²) < 4.78 is 10.8. The van der Waals surface area contributed by atoms with Crippen LogP contribution in [0.2, 0.25) is 0 Å². The molecule has 0 saturated heterocycles. The molecule has 0 aliphatic rings. The molecule has 0 bridgehead atoms. The molecule has 1 heterocycles. The highest BCUT2D eigenvalue weighted by Crippen LogP contribution is 2.24. The second-order valence-corrected chi connectivity index (χ2v) is 6.89. The molecule has 4 rings (SSSR count). The van der Waals surface area contributed by atoms with Gasteiger partial charge in [0.25, 0.3) is 5.91 Å². The largest absolute Gasteiger partial charge is 0.497 e. The van der Waals surface area contributed by atoms with E-state index in [0.717, 1.165) is 21.7 Å². The third-order valence-electron chi connectivity index (χ3n) is 4.89. The van der Waals surface area contributed by atoms with Gasteiger partial charge in [0, 0.05) is 5.39 Å². The number of rotatable bonds is 6. The summed E-state index contributed by atoms with van der Waals surface area (Å²) in [4.78, 5) is 12.6. The molecule has 0 radical (unpaired) electrons. The van der Waals surface area contributed by atoms with Crippen molar-refractivity contribution in [3.63, 3.8) is 0 Å². The first kappa shape index (κ1) is 19.0. The Bertz CT molecular complexity index is 1160. The SMILES string of the molecule is COc1ccc2oc(C(=O)NC(Cc3ccc4ccccc4c3)C(O)O)cc2c1. The smallest absolute Gasteiger partial charge is 0.287 e. The second kappa shape index (κ2) is 7.95. The fourth-order valence-electron chi connectivity index (χ4n) is 3.35. The van der Waals surface area contributed by atoms with Gasteiger partial charge in [-0.25, -0.2) is 0 Å². The monoisotopic (exact) mass is 391 g/mol. The minimum absolute atomic E-state index is 0.0948. The summed E-state index contributed by atoms with van der Waals surface area (Å²) in [5.41, 5.74) is 1.43. The average molecular weight is 391 g/mol. The molecule has 1 atom stereocenters. The quantitative estimate of drug-likeness (QED) is 0.439. The molecular formula is C23H21NO5. The van der Waals surface area contributed by atoms with Crippen LogP contribution in [0.1, 0.15) is 16.1 Å². The van der Waals surface area contributed by atoms with Crippen LogP contribution in [-0.4, -0.2) is 35.6 Å². The lowest BCUT2D eigenvalue weighted by molar-refractivity contribution is -0.0648. The van der Waals surface area contributed by atoms with E-state index in [4.69, 9.17) is 9.15 Å². The lowest BCUT2D eigenvalue weighted by atomic mass is 10.0. The van der Waals surface area contributed by atoms with Gasteiger partial charge in [0.05, 0.1) is 13.2 Å². The van der Waals surface area contributed by atoms with Crippen LogP contribution in [-0.2, 0) is 6.42 Å². The molecule has 0 fully saturated rings. The minimum atomic E-state index is -1.71. The molecule has 6 heteroatoms. The number of benzene rings is 3. The van der Waals surface area contributed by atoms with E-state index in [-0.39, 0.29) is 12.2 Å². The first-order valence-corrected chi connectivity index (χ1v) is 9.26. The standard InChI is InChI=1S/C23H21NO5/c1-28-18-8-9-20-17(12-18)13-21(29-20)22(25)24-19(23(26)27)11-14-6-7-15-4-2-3-5-16(15)10-14/h2-10,12-13,19,23,26-27H,11H2,1H3,(H,24,25). The zero-order valence-electron chi connectivity index (χ0n) is 15.8. The number of carbonyl (C=O) groups excluding carboxylic acids is 1. The number of carbonyl (C=O) groups is 1. The van der Waals surface area contributed by atoms with E-state index in [2.05, 4.69) is 5.32 Å². The number of aliphatic hydroxyl groups is 2. The van der Waals surface area contributed by atoms with Crippen molar-refractivity contribution in [2.24, 2.45) is 0 Å². The number of methoxy groups -OCH3 is 1. The maximum atomic E-state index is 12.6. The summed E-state index contributed by atoms with van der Waals surface area (Å²) in [6, 6.07) is 19.7. The Balaban J connectivity index is 1.53. The van der Waals surface area contributed by atoms with E-state index in [0.29, 0.717) is 11.3 Å². The van der Waals surface area contributed by atoms with Gasteiger partial charge in [-0.05, 0) is 47.0 Å². The highest BCUT2D eigenvalue weighted by atomic mass is 16.5. The van der Waals surface area contributed by atoms with Crippen molar-refractivity contribution in [2.45, 2.75) is 18.8 Å². The van der Waals surface area contributed by atoms with Gasteiger partial charge in [-0.15, -0.1) is 0 Å². The third-order valence-corrected chi connectivity index (χ3v) is 4.89. The fraction of sp³-hybridized carbons (Fsp3) is 0.174. The molecule has 3 aromatic carbocycles. The molecule has 29 heavy (non-hydrogen) atoms. The van der Waals surface area contributed by atoms with Crippen LogP contribution < -0.4 is 10.1 Å². The molecule has 0 saturated carbocycles. The Labute approximate surface area is 167 Å². The lowest BCUT2D eigenvalue weighted by Crippen LogP contribution is -2.44. The normalized spacial score (nSPS) is 12.4. The molecule has 0 aliphatic heterocycles. The Morgan fingerprint density at radius 2 is 1.79 bits per heavy atom. The molecule has 1 amide bonds. The van der Waals surface area contributed by atoms with E-state index >= 15 is 0 Å². The van der Waals surface area contributed by atoms with Gasteiger partial charge in [-0.1, -0.05) is 42.5 Å². The minimum Gasteiger partial charge on any atom is -0.497 e. The van der Waals surface area contributed by atoms with Crippen LogP contribution in [0.25, 0.3) is 21.7 Å². The maximum absolute atomic E-state index is 12.6. The van der Waals surface area contributed by atoms with Gasteiger partial charge in [0.1, 0.15) is 11.3 Å². The number of hydrogen-bond donors (Lipinski definition) is 3. The Morgan fingerprint density at radius 1 is 1.00 bits per heavy atom. The summed E-state index contributed by atoms with van der Waals surface area (Å²) in [7, 11) is 1.56. The molecular weight excluding hydrogens is 370 g/mol. The van der Waals surface area contributed by atoms with Crippen molar-refractivity contribution in [2.75, 3.05) is 7.11 Å². The van der Waals surface area contributed by atoms with Crippen molar-refractivity contribution in [3.05, 3.63) is 78.1 Å². The number of nitrogens with one attached hydrogen (secondary N) is 1. The van der Waals surface area contributed by atoms with Crippen molar-refractivity contribution >= 4 is 27.6 Å². The topological polar surface area (TPSA) is 91.9 Å². The molecule has 0 spiro atoms. The molecule has 1 aromatic heterocycles. The Kier molecular flexibility index (Phi) is 5.20. The summed E-state index contributed by atoms with van der Waals surface area (Å²) in [5.74, 6) is 0.238. The molecule has 148 valence electrons. The van der Waals surface area contributed by atoms with Gasteiger partial charge >= 0.3 is 0 Å². The lowest BCUT2D eigenvalue weighted by Gasteiger charge is -2.20. The highest BCUT2D eigenvalue weighted by Gasteiger charge is 2.22. The fourth-order valence-corrected chi connectivity index (χ4v) is 3.35. The van der Waals surface area contributed by atoms with Crippen LogP contribution in [0.15, 0.2) is 71.1 Å². The van der Waals surface area contributed by atoms with Gasteiger partial charge in [0.15, 0.2) is 12.1 Å². The van der Waals surface area contributed by atoms with Crippen molar-refractivity contribution < 1.29 is 24.2 Å². The number of amides is 1. The number of aliphatic hydroxyl groups excluding tert-OH is 1. The molecule has 4 aromatic rings.